The van der Waals surface area contributed by atoms with E-state index in [1.807, 2.05) is 16.7 Å². The second-order valence-electron chi connectivity index (χ2n) is 7.94. The number of thiazole rings is 1. The zero-order valence-corrected chi connectivity index (χ0v) is 19.8. The van der Waals surface area contributed by atoms with E-state index in [9.17, 15) is 17.6 Å². The summed E-state index contributed by atoms with van der Waals surface area (Å²) < 4.78 is 43.3. The van der Waals surface area contributed by atoms with Gasteiger partial charge in [-0.25, -0.2) is 12.8 Å². The summed E-state index contributed by atoms with van der Waals surface area (Å²) >= 11 is 1.40. The molecule has 1 aliphatic heterocycles. The lowest BCUT2D eigenvalue weighted by Gasteiger charge is -2.30. The van der Waals surface area contributed by atoms with Crippen molar-refractivity contribution in [2.45, 2.75) is 37.6 Å². The molecular weight excluding hydrogens is 461 g/mol. The van der Waals surface area contributed by atoms with Crippen LogP contribution in [0.15, 0.2) is 52.4 Å². The zero-order chi connectivity index (χ0) is 23.6. The van der Waals surface area contributed by atoms with Gasteiger partial charge in [0.05, 0.1) is 27.6 Å². The fraction of sp³-hybridized carbons (Fsp3) is 0.333. The molecule has 1 amide bonds. The minimum Gasteiger partial charge on any atom is -0.305 e. The third kappa shape index (κ3) is 4.78. The molecule has 172 valence electrons. The van der Waals surface area contributed by atoms with Gasteiger partial charge in [0.15, 0.2) is 4.80 Å². The summed E-state index contributed by atoms with van der Waals surface area (Å²) in [6.45, 7) is 2.71. The standard InChI is InChI=1S/C24H24FN3O3S2/c1-3-13-28-21-12-7-17(4-2)15-22(21)32-24(28)26-23(29)18-6-5-14-27(16-18)33(30,31)20-10-8-19(25)9-11-20/h1,7-12,15,18H,4-6,13-14,16H2,2H3. The van der Waals surface area contributed by atoms with Crippen molar-refractivity contribution in [1.82, 2.24) is 8.87 Å². The van der Waals surface area contributed by atoms with Gasteiger partial charge in [-0.2, -0.15) is 9.30 Å². The predicted octanol–water partition coefficient (Wildman–Crippen LogP) is 3.57. The van der Waals surface area contributed by atoms with Crippen LogP contribution in [0.25, 0.3) is 10.2 Å². The van der Waals surface area contributed by atoms with Crippen LogP contribution in [-0.2, 0) is 27.8 Å². The summed E-state index contributed by atoms with van der Waals surface area (Å²) in [6.07, 6.45) is 7.55. The van der Waals surface area contributed by atoms with Gasteiger partial charge in [-0.05, 0) is 61.2 Å². The van der Waals surface area contributed by atoms with Crippen LogP contribution in [0.5, 0.6) is 0 Å². The molecule has 33 heavy (non-hydrogen) atoms. The van der Waals surface area contributed by atoms with E-state index in [2.05, 4.69) is 23.9 Å². The Morgan fingerprint density at radius 2 is 2.03 bits per heavy atom. The van der Waals surface area contributed by atoms with Gasteiger partial charge in [0, 0.05) is 13.1 Å². The van der Waals surface area contributed by atoms with E-state index in [1.165, 1.54) is 33.3 Å². The van der Waals surface area contributed by atoms with Gasteiger partial charge in [0.1, 0.15) is 5.82 Å². The monoisotopic (exact) mass is 485 g/mol. The molecule has 1 saturated heterocycles. The molecule has 9 heteroatoms. The highest BCUT2D eigenvalue weighted by Crippen LogP contribution is 2.25. The molecule has 0 N–H and O–H groups in total. The number of hydrogen-bond donors (Lipinski definition) is 0. The molecule has 2 heterocycles. The number of fused-ring (bicyclic) bond motifs is 1. The number of terminal acetylenes is 1. The number of rotatable bonds is 5. The van der Waals surface area contributed by atoms with E-state index >= 15 is 0 Å². The average Bonchev–Trinajstić information content (AvgIpc) is 3.15. The predicted molar refractivity (Wildman–Crippen MR) is 126 cm³/mol. The maximum atomic E-state index is 13.2. The topological polar surface area (TPSA) is 71.7 Å². The van der Waals surface area contributed by atoms with Crippen molar-refractivity contribution < 1.29 is 17.6 Å². The van der Waals surface area contributed by atoms with Crippen molar-refractivity contribution in [3.63, 3.8) is 0 Å². The quantitative estimate of drug-likeness (QED) is 0.519. The molecule has 1 atom stereocenters. The first kappa shape index (κ1) is 23.4. The lowest BCUT2D eigenvalue weighted by atomic mass is 9.99. The van der Waals surface area contributed by atoms with Crippen molar-refractivity contribution in [2.75, 3.05) is 13.1 Å². The number of benzene rings is 2. The van der Waals surface area contributed by atoms with Gasteiger partial charge in [-0.1, -0.05) is 30.2 Å². The van der Waals surface area contributed by atoms with E-state index in [4.69, 9.17) is 6.42 Å². The van der Waals surface area contributed by atoms with E-state index in [0.29, 0.717) is 24.2 Å². The largest absolute Gasteiger partial charge is 0.305 e. The highest BCUT2D eigenvalue weighted by atomic mass is 32.2. The summed E-state index contributed by atoms with van der Waals surface area (Å²) in [4.78, 5) is 18.0. The molecule has 3 aromatic rings. The van der Waals surface area contributed by atoms with Crippen LogP contribution in [-0.4, -0.2) is 36.3 Å². The number of aryl methyl sites for hydroxylation is 1. The molecule has 0 aliphatic carbocycles. The minimum atomic E-state index is -3.82. The van der Waals surface area contributed by atoms with Crippen LogP contribution in [0.1, 0.15) is 25.3 Å². The Labute approximate surface area is 196 Å². The van der Waals surface area contributed by atoms with Gasteiger partial charge in [0.2, 0.25) is 10.0 Å². The Balaban J connectivity index is 1.63. The van der Waals surface area contributed by atoms with Gasteiger partial charge >= 0.3 is 0 Å². The maximum Gasteiger partial charge on any atom is 0.252 e. The van der Waals surface area contributed by atoms with Crippen LogP contribution < -0.4 is 4.80 Å². The number of hydrogen-bond acceptors (Lipinski definition) is 4. The zero-order valence-electron chi connectivity index (χ0n) is 18.2. The summed E-state index contributed by atoms with van der Waals surface area (Å²) in [5.74, 6) is 1.20. The number of sulfonamides is 1. The van der Waals surface area contributed by atoms with E-state index in [1.54, 1.807) is 0 Å². The number of carbonyl (C=O) groups excluding carboxylic acids is 1. The first-order valence-electron chi connectivity index (χ1n) is 10.7. The molecule has 0 radical (unpaired) electrons. The molecule has 2 aromatic carbocycles. The summed E-state index contributed by atoms with van der Waals surface area (Å²) in [6, 6.07) is 10.8. The normalized spacial score (nSPS) is 17.8. The Morgan fingerprint density at radius 3 is 2.73 bits per heavy atom. The maximum absolute atomic E-state index is 13.2. The fourth-order valence-electron chi connectivity index (χ4n) is 3.97. The highest BCUT2D eigenvalue weighted by molar-refractivity contribution is 7.89. The van der Waals surface area contributed by atoms with Gasteiger partial charge in [-0.3, -0.25) is 4.79 Å². The minimum absolute atomic E-state index is 0.0111. The summed E-state index contributed by atoms with van der Waals surface area (Å²) in [5, 5.41) is 0. The average molecular weight is 486 g/mol. The molecule has 0 spiro atoms. The number of piperidine rings is 1. The van der Waals surface area contributed by atoms with Crippen LogP contribution >= 0.6 is 11.3 Å². The van der Waals surface area contributed by atoms with Gasteiger partial charge < -0.3 is 4.57 Å². The number of nitrogens with zero attached hydrogens (tertiary/aromatic N) is 3. The van der Waals surface area contributed by atoms with E-state index in [0.717, 1.165) is 28.8 Å². The highest BCUT2D eigenvalue weighted by Gasteiger charge is 2.33. The Kier molecular flexibility index (Phi) is 6.79. The lowest BCUT2D eigenvalue weighted by molar-refractivity contribution is -0.122. The number of halogens is 1. The molecule has 1 aromatic heterocycles. The SMILES string of the molecule is C#CCn1c(=NC(=O)C2CCCN(S(=O)(=O)c3ccc(F)cc3)C2)sc2cc(CC)ccc21. The van der Waals surface area contributed by atoms with E-state index < -0.39 is 21.8 Å². The smallest absolute Gasteiger partial charge is 0.252 e. The summed E-state index contributed by atoms with van der Waals surface area (Å²) in [5.41, 5.74) is 2.11. The second-order valence-corrected chi connectivity index (χ2v) is 10.9. The molecule has 1 fully saturated rings. The molecule has 6 nitrogen and oxygen atoms in total. The third-order valence-electron chi connectivity index (χ3n) is 5.80. The molecule has 0 saturated carbocycles. The molecule has 4 rings (SSSR count). The fourth-order valence-corrected chi connectivity index (χ4v) is 6.59. The molecule has 1 unspecified atom stereocenters. The van der Waals surface area contributed by atoms with Crippen LogP contribution in [0.3, 0.4) is 0 Å². The second kappa shape index (κ2) is 9.59. The van der Waals surface area contributed by atoms with E-state index in [-0.39, 0.29) is 23.9 Å². The van der Waals surface area contributed by atoms with Crippen LogP contribution in [0.2, 0.25) is 0 Å². The first-order chi connectivity index (χ1) is 15.8. The number of amides is 1. The number of carbonyl (C=O) groups is 1. The Morgan fingerprint density at radius 1 is 1.27 bits per heavy atom. The van der Waals surface area contributed by atoms with Crippen molar-refractivity contribution in [3.8, 4) is 12.3 Å². The Bertz CT molecular complexity index is 1400. The molecule has 0 bridgehead atoms. The van der Waals surface area contributed by atoms with Crippen molar-refractivity contribution in [2.24, 2.45) is 10.9 Å². The number of aromatic nitrogens is 1. The Hall–Kier alpha value is -2.80. The summed E-state index contributed by atoms with van der Waals surface area (Å²) in [7, 11) is -3.82. The molecule has 1 aliphatic rings. The first-order valence-corrected chi connectivity index (χ1v) is 13.0. The van der Waals surface area contributed by atoms with Gasteiger partial charge in [0.25, 0.3) is 5.91 Å². The lowest BCUT2D eigenvalue weighted by Crippen LogP contribution is -2.42. The van der Waals surface area contributed by atoms with Crippen molar-refractivity contribution >= 4 is 37.5 Å². The third-order valence-corrected chi connectivity index (χ3v) is 8.72. The van der Waals surface area contributed by atoms with Crippen LogP contribution in [0, 0.1) is 24.1 Å². The van der Waals surface area contributed by atoms with Gasteiger partial charge in [-0.15, -0.1) is 6.42 Å². The van der Waals surface area contributed by atoms with Crippen molar-refractivity contribution in [1.29, 1.82) is 0 Å². The van der Waals surface area contributed by atoms with Crippen LogP contribution in [0.4, 0.5) is 4.39 Å². The van der Waals surface area contributed by atoms with Crippen molar-refractivity contribution in [3.05, 3.63) is 58.6 Å². The molecular formula is C24H24FN3O3S2.